The molecule has 0 aromatic heterocycles. The molecule has 1 aromatic carbocycles. The summed E-state index contributed by atoms with van der Waals surface area (Å²) in [6, 6.07) is 8.88. The van der Waals surface area contributed by atoms with Crippen molar-refractivity contribution in [2.75, 3.05) is 6.61 Å². The van der Waals surface area contributed by atoms with Gasteiger partial charge in [0.15, 0.2) is 24.2 Å². The van der Waals surface area contributed by atoms with Crippen LogP contribution in [0.4, 0.5) is 0 Å². The number of carbonyl (C=O) groups is 1. The first-order chi connectivity index (χ1) is 17.9. The molecule has 0 aliphatic carbocycles. The summed E-state index contributed by atoms with van der Waals surface area (Å²) in [6.07, 6.45) is -6.61. The molecule has 4 saturated heterocycles. The average molecular weight is 538 g/mol. The van der Waals surface area contributed by atoms with Gasteiger partial charge < -0.3 is 48.3 Å². The minimum atomic E-state index is -1.14. The zero-order valence-corrected chi connectivity index (χ0v) is 22.7. The van der Waals surface area contributed by atoms with E-state index in [0.717, 1.165) is 5.56 Å². The fourth-order valence-corrected chi connectivity index (χ4v) is 5.51. The second-order valence-electron chi connectivity index (χ2n) is 11.2. The number of amides is 1. The van der Waals surface area contributed by atoms with Gasteiger partial charge in [0.05, 0.1) is 19.3 Å². The summed E-state index contributed by atoms with van der Waals surface area (Å²) in [5, 5.41) is 14.2. The van der Waals surface area contributed by atoms with Gasteiger partial charge in [-0.3, -0.25) is 4.79 Å². The van der Waals surface area contributed by atoms with Crippen LogP contribution in [0, 0.1) is 0 Å². The summed E-state index contributed by atoms with van der Waals surface area (Å²) in [5.41, 5.74) is 0.946. The Morgan fingerprint density at radius 2 is 1.68 bits per heavy atom. The first kappa shape index (κ1) is 27.9. The van der Waals surface area contributed by atoms with Gasteiger partial charge in [-0.2, -0.15) is 0 Å². The molecule has 0 unspecified atom stereocenters. The first-order valence-electron chi connectivity index (χ1n) is 13.2. The highest BCUT2D eigenvalue weighted by molar-refractivity contribution is 5.73. The maximum Gasteiger partial charge on any atom is 0.217 e. The number of nitrogens with one attached hydrogen (secondary N) is 1. The predicted octanol–water partition coefficient (Wildman–Crippen LogP) is 1.60. The van der Waals surface area contributed by atoms with Crippen molar-refractivity contribution >= 4 is 5.91 Å². The summed E-state index contributed by atoms with van der Waals surface area (Å²) in [7, 11) is 0. The van der Waals surface area contributed by atoms with Crippen molar-refractivity contribution in [3.63, 3.8) is 0 Å². The molecule has 2 N–H and O–H groups in total. The van der Waals surface area contributed by atoms with Crippen molar-refractivity contribution in [2.24, 2.45) is 0 Å². The molecule has 4 fully saturated rings. The summed E-state index contributed by atoms with van der Waals surface area (Å²) >= 11 is 0. The Morgan fingerprint density at radius 3 is 2.39 bits per heavy atom. The topological polar surface area (TPSA) is 123 Å². The van der Waals surface area contributed by atoms with Crippen LogP contribution in [-0.2, 0) is 49.3 Å². The molecule has 11 nitrogen and oxygen atoms in total. The maximum absolute atomic E-state index is 12.3. The lowest BCUT2D eigenvalue weighted by Crippen LogP contribution is -2.70. The molecule has 4 aliphatic heterocycles. The average Bonchev–Trinajstić information content (AvgIpc) is 3.19. The molecule has 0 bridgehead atoms. The second kappa shape index (κ2) is 10.7. The number of aliphatic hydroxyl groups excluding tert-OH is 1. The van der Waals surface area contributed by atoms with Crippen LogP contribution in [0.25, 0.3) is 0 Å². The molecule has 5 rings (SSSR count). The lowest BCUT2D eigenvalue weighted by atomic mass is 9.94. The summed E-state index contributed by atoms with van der Waals surface area (Å²) in [6.45, 7) is 10.9. The quantitative estimate of drug-likeness (QED) is 0.553. The Hall–Kier alpha value is -1.67. The van der Waals surface area contributed by atoms with Crippen molar-refractivity contribution in [3.05, 3.63) is 35.9 Å². The number of fused-ring (bicyclic) bond motifs is 2. The van der Waals surface area contributed by atoms with Gasteiger partial charge in [-0.1, -0.05) is 30.3 Å². The van der Waals surface area contributed by atoms with Gasteiger partial charge in [-0.05, 0) is 40.2 Å². The Morgan fingerprint density at radius 1 is 1.00 bits per heavy atom. The Kier molecular flexibility index (Phi) is 7.86. The summed E-state index contributed by atoms with van der Waals surface area (Å²) < 4.78 is 49.1. The van der Waals surface area contributed by atoms with Crippen LogP contribution < -0.4 is 5.32 Å². The van der Waals surface area contributed by atoms with Crippen LogP contribution in [0.15, 0.2) is 30.3 Å². The van der Waals surface area contributed by atoms with E-state index in [-0.39, 0.29) is 19.1 Å². The largest absolute Gasteiger partial charge is 0.385 e. The SMILES string of the molecule is CC(=O)N[C@H]1[C@H](OCc2ccccc2)O[C@@H]2COC(C)(C)O[C@H]2[C@@H]1O[C@@H]1O[C@H](C)[C@@H]2OC(C)(C)O[C@@H]2[C@H]1O. The third kappa shape index (κ3) is 5.91. The van der Waals surface area contributed by atoms with Crippen LogP contribution in [0.3, 0.4) is 0 Å². The number of hydrogen-bond acceptors (Lipinski definition) is 10. The van der Waals surface area contributed by atoms with E-state index < -0.39 is 72.9 Å². The third-order valence-corrected chi connectivity index (χ3v) is 7.17. The molecule has 0 saturated carbocycles. The lowest BCUT2D eigenvalue weighted by molar-refractivity contribution is -0.391. The van der Waals surface area contributed by atoms with Gasteiger partial charge in [-0.25, -0.2) is 0 Å². The molecule has 1 aromatic rings. The van der Waals surface area contributed by atoms with Gasteiger partial charge in [0.25, 0.3) is 0 Å². The molecule has 11 heteroatoms. The van der Waals surface area contributed by atoms with Gasteiger partial charge in [-0.15, -0.1) is 0 Å². The van der Waals surface area contributed by atoms with E-state index in [9.17, 15) is 9.90 Å². The molecule has 0 radical (unpaired) electrons. The zero-order chi connectivity index (χ0) is 27.2. The first-order valence-corrected chi connectivity index (χ1v) is 13.2. The van der Waals surface area contributed by atoms with E-state index in [0.29, 0.717) is 0 Å². The van der Waals surface area contributed by atoms with E-state index in [2.05, 4.69) is 5.32 Å². The smallest absolute Gasteiger partial charge is 0.217 e. The zero-order valence-electron chi connectivity index (χ0n) is 22.7. The number of aliphatic hydroxyl groups is 1. The molecular formula is C27H39NO10. The van der Waals surface area contributed by atoms with Crippen molar-refractivity contribution in [1.82, 2.24) is 5.32 Å². The monoisotopic (exact) mass is 537 g/mol. The number of benzene rings is 1. The van der Waals surface area contributed by atoms with Crippen LogP contribution in [0.5, 0.6) is 0 Å². The fraction of sp³-hybridized carbons (Fsp3) is 0.741. The van der Waals surface area contributed by atoms with Crippen molar-refractivity contribution < 1.29 is 47.8 Å². The van der Waals surface area contributed by atoms with E-state index in [4.69, 9.17) is 37.9 Å². The molecule has 4 aliphatic rings. The Balaban J connectivity index is 1.41. The van der Waals surface area contributed by atoms with Gasteiger partial charge >= 0.3 is 0 Å². The highest BCUT2D eigenvalue weighted by atomic mass is 16.8. The van der Waals surface area contributed by atoms with Crippen LogP contribution in [0.2, 0.25) is 0 Å². The van der Waals surface area contributed by atoms with Crippen molar-refractivity contribution in [2.45, 2.75) is 121 Å². The fourth-order valence-electron chi connectivity index (χ4n) is 5.51. The van der Waals surface area contributed by atoms with E-state index in [1.165, 1.54) is 6.92 Å². The maximum atomic E-state index is 12.3. The molecule has 1 amide bonds. The Bertz CT molecular complexity index is 974. The molecule has 0 spiro atoms. The standard InChI is InChI=1S/C27H39NO10/c1-14-20-23(38-27(5,6)36-20)19(30)25(33-14)35-22-18(28-15(2)29)24(31-12-16-10-8-7-9-11-16)34-17-13-32-26(3,4)37-21(17)22/h7-11,14,17-25,30H,12-13H2,1-6H3,(H,28,29)/t14-,17-,18-,19-,20+,21-,22-,23-,24-,25+/m1/s1. The van der Waals surface area contributed by atoms with Crippen LogP contribution >= 0.6 is 0 Å². The van der Waals surface area contributed by atoms with Crippen LogP contribution in [0.1, 0.15) is 47.1 Å². The van der Waals surface area contributed by atoms with E-state index in [1.807, 2.05) is 37.3 Å². The van der Waals surface area contributed by atoms with Gasteiger partial charge in [0.1, 0.15) is 42.7 Å². The summed E-state index contributed by atoms with van der Waals surface area (Å²) in [5.74, 6) is -2.07. The third-order valence-electron chi connectivity index (χ3n) is 7.17. The van der Waals surface area contributed by atoms with E-state index in [1.54, 1.807) is 27.7 Å². The van der Waals surface area contributed by atoms with Gasteiger partial charge in [0.2, 0.25) is 5.91 Å². The molecule has 10 atom stereocenters. The minimum Gasteiger partial charge on any atom is -0.385 e. The number of rotatable bonds is 6. The molecule has 212 valence electrons. The highest BCUT2D eigenvalue weighted by Gasteiger charge is 2.58. The second-order valence-corrected chi connectivity index (χ2v) is 11.2. The van der Waals surface area contributed by atoms with Crippen molar-refractivity contribution in [1.29, 1.82) is 0 Å². The number of carbonyl (C=O) groups excluding carboxylic acids is 1. The van der Waals surface area contributed by atoms with Crippen LogP contribution in [-0.4, -0.2) is 90.5 Å². The molecule has 4 heterocycles. The Labute approximate surface area is 222 Å². The molecular weight excluding hydrogens is 498 g/mol. The predicted molar refractivity (Wildman–Crippen MR) is 131 cm³/mol. The molecule has 38 heavy (non-hydrogen) atoms. The number of ether oxygens (including phenoxy) is 8. The number of hydrogen-bond donors (Lipinski definition) is 2. The van der Waals surface area contributed by atoms with Crippen molar-refractivity contribution in [3.8, 4) is 0 Å². The van der Waals surface area contributed by atoms with E-state index >= 15 is 0 Å². The lowest BCUT2D eigenvalue weighted by Gasteiger charge is -2.52. The minimum absolute atomic E-state index is 0.232. The normalized spacial score (nSPS) is 41.7. The van der Waals surface area contributed by atoms with Gasteiger partial charge in [0, 0.05) is 6.92 Å². The summed E-state index contributed by atoms with van der Waals surface area (Å²) in [4.78, 5) is 12.3. The highest BCUT2D eigenvalue weighted by Crippen LogP contribution is 2.40.